The molecule has 0 bridgehead atoms. The number of pyridine rings is 2. The predicted octanol–water partition coefficient (Wildman–Crippen LogP) is 5.16. The zero-order chi connectivity index (χ0) is 25.2. The largest absolute Gasteiger partial charge is 0.573 e. The van der Waals surface area contributed by atoms with E-state index in [1.165, 1.54) is 28.8 Å². The second kappa shape index (κ2) is 9.46. The van der Waals surface area contributed by atoms with Gasteiger partial charge in [-0.1, -0.05) is 18.2 Å². The van der Waals surface area contributed by atoms with Crippen molar-refractivity contribution >= 4 is 11.4 Å². The summed E-state index contributed by atoms with van der Waals surface area (Å²) in [5.41, 5.74) is 10.3. The lowest BCUT2D eigenvalue weighted by Crippen LogP contribution is -2.20. The maximum atomic E-state index is 12.8. The lowest BCUT2D eigenvalue weighted by atomic mass is 9.96. The maximum Gasteiger partial charge on any atom is 0.573 e. The molecule has 35 heavy (non-hydrogen) atoms. The molecular weight excluding hydrogens is 457 g/mol. The maximum absolute atomic E-state index is 12.8. The second-order valence-electron chi connectivity index (χ2n) is 7.94. The highest BCUT2D eigenvalue weighted by Gasteiger charge is 2.31. The van der Waals surface area contributed by atoms with E-state index in [1.807, 2.05) is 6.92 Å². The van der Waals surface area contributed by atoms with Gasteiger partial charge in [0.15, 0.2) is 0 Å². The smallest absolute Gasteiger partial charge is 0.406 e. The van der Waals surface area contributed by atoms with Crippen molar-refractivity contribution < 1.29 is 17.9 Å². The number of alkyl halides is 3. The molecule has 0 saturated carbocycles. The van der Waals surface area contributed by atoms with Crippen LogP contribution in [0.25, 0.3) is 11.1 Å². The number of aryl methyl sites for hydroxylation is 1. The Morgan fingerprint density at radius 2 is 1.83 bits per heavy atom. The molecule has 0 saturated heterocycles. The highest BCUT2D eigenvalue weighted by atomic mass is 19.4. The van der Waals surface area contributed by atoms with Gasteiger partial charge in [-0.2, -0.15) is 0 Å². The molecule has 4 aromatic rings. The average molecular weight is 478 g/mol. The normalized spacial score (nSPS) is 11.3. The zero-order valence-corrected chi connectivity index (χ0v) is 18.6. The summed E-state index contributed by atoms with van der Waals surface area (Å²) in [7, 11) is 0. The van der Waals surface area contributed by atoms with E-state index in [0.717, 1.165) is 5.69 Å². The highest BCUT2D eigenvalue weighted by Crippen LogP contribution is 2.26. The first-order chi connectivity index (χ1) is 16.6. The lowest BCUT2D eigenvalue weighted by Gasteiger charge is -2.13. The number of nitrogens with two attached hydrogens (primary N) is 1. The minimum absolute atomic E-state index is 0.0766. The SMILES string of the molecule is Cc1cc(C(=N)c2cc(-c3ccn(Cc4cccc(OC(F)(F)F)c4)c(=O)c3)ccc2N)ccn1. The molecular formula is C26H21F3N4O2. The van der Waals surface area contributed by atoms with Crippen molar-refractivity contribution in [3.63, 3.8) is 0 Å². The van der Waals surface area contributed by atoms with E-state index < -0.39 is 6.36 Å². The summed E-state index contributed by atoms with van der Waals surface area (Å²) in [5, 5.41) is 8.59. The van der Waals surface area contributed by atoms with Gasteiger partial charge in [-0.15, -0.1) is 13.2 Å². The third-order valence-corrected chi connectivity index (χ3v) is 5.32. The quantitative estimate of drug-likeness (QED) is 0.296. The van der Waals surface area contributed by atoms with Crippen molar-refractivity contribution in [2.75, 3.05) is 5.73 Å². The fourth-order valence-corrected chi connectivity index (χ4v) is 3.66. The van der Waals surface area contributed by atoms with Gasteiger partial charge in [0.05, 0.1) is 12.3 Å². The van der Waals surface area contributed by atoms with E-state index in [4.69, 9.17) is 11.1 Å². The molecule has 0 radical (unpaired) electrons. The van der Waals surface area contributed by atoms with Crippen LogP contribution in [0.15, 0.2) is 83.9 Å². The number of anilines is 1. The molecule has 0 amide bonds. The highest BCUT2D eigenvalue weighted by molar-refractivity contribution is 6.14. The molecule has 0 atom stereocenters. The van der Waals surface area contributed by atoms with Gasteiger partial charge in [0.25, 0.3) is 5.56 Å². The Hall–Kier alpha value is -4.40. The summed E-state index contributed by atoms with van der Waals surface area (Å²) in [6.45, 7) is 1.92. The molecule has 3 N–H and O–H groups in total. The number of benzene rings is 2. The molecule has 0 fully saturated rings. The Bertz CT molecular complexity index is 1460. The molecule has 178 valence electrons. The molecule has 9 heteroatoms. The van der Waals surface area contributed by atoms with Crippen LogP contribution in [-0.4, -0.2) is 21.6 Å². The molecule has 0 aliphatic heterocycles. The van der Waals surface area contributed by atoms with Crippen LogP contribution in [0.1, 0.15) is 22.4 Å². The fraction of sp³-hybridized carbons (Fsp3) is 0.115. The summed E-state index contributed by atoms with van der Waals surface area (Å²) in [6.07, 6.45) is -1.59. The minimum Gasteiger partial charge on any atom is -0.406 e. The fourth-order valence-electron chi connectivity index (χ4n) is 3.66. The van der Waals surface area contributed by atoms with Crippen LogP contribution in [-0.2, 0) is 6.54 Å². The van der Waals surface area contributed by atoms with Crippen molar-refractivity contribution in [3.05, 3.63) is 112 Å². The standard InChI is InChI=1S/C26H21F3N4O2/c1-16-11-20(7-9-32-16)25(31)22-13-18(5-6-23(22)30)19-8-10-33(24(34)14-19)15-17-3-2-4-21(12-17)35-26(27,28)29/h2-14,31H,15,30H2,1H3. The van der Waals surface area contributed by atoms with E-state index in [-0.39, 0.29) is 23.6 Å². The van der Waals surface area contributed by atoms with Crippen LogP contribution >= 0.6 is 0 Å². The van der Waals surface area contributed by atoms with Crippen LogP contribution in [0.5, 0.6) is 5.75 Å². The monoisotopic (exact) mass is 478 g/mol. The van der Waals surface area contributed by atoms with Crippen LogP contribution in [0, 0.1) is 12.3 Å². The summed E-state index contributed by atoms with van der Waals surface area (Å²) in [6, 6.07) is 17.4. The molecule has 2 aromatic carbocycles. The van der Waals surface area contributed by atoms with Crippen molar-refractivity contribution in [1.82, 2.24) is 9.55 Å². The Morgan fingerprint density at radius 3 is 2.54 bits per heavy atom. The van der Waals surface area contributed by atoms with Gasteiger partial charge in [-0.25, -0.2) is 0 Å². The molecule has 4 rings (SSSR count). The molecule has 2 heterocycles. The topological polar surface area (TPSA) is 94.0 Å². The van der Waals surface area contributed by atoms with E-state index in [2.05, 4.69) is 9.72 Å². The van der Waals surface area contributed by atoms with Crippen LogP contribution in [0.2, 0.25) is 0 Å². The summed E-state index contributed by atoms with van der Waals surface area (Å²) in [4.78, 5) is 16.9. The first-order valence-electron chi connectivity index (χ1n) is 10.6. The van der Waals surface area contributed by atoms with Gasteiger partial charge in [0.1, 0.15) is 5.75 Å². The lowest BCUT2D eigenvalue weighted by molar-refractivity contribution is -0.274. The zero-order valence-electron chi connectivity index (χ0n) is 18.6. The van der Waals surface area contributed by atoms with Gasteiger partial charge in [0, 0.05) is 41.0 Å². The molecule has 0 spiro atoms. The number of rotatable bonds is 6. The number of nitrogens with one attached hydrogen (secondary N) is 1. The molecule has 0 unspecified atom stereocenters. The van der Waals surface area contributed by atoms with E-state index >= 15 is 0 Å². The summed E-state index contributed by atoms with van der Waals surface area (Å²) < 4.78 is 42.8. The second-order valence-corrected chi connectivity index (χ2v) is 7.94. The van der Waals surface area contributed by atoms with Gasteiger partial charge < -0.3 is 15.0 Å². The summed E-state index contributed by atoms with van der Waals surface area (Å²) >= 11 is 0. The molecule has 0 aliphatic carbocycles. The molecule has 2 aromatic heterocycles. The van der Waals surface area contributed by atoms with Crippen LogP contribution in [0.4, 0.5) is 18.9 Å². The number of nitrogen functional groups attached to an aromatic ring is 1. The Balaban J connectivity index is 1.60. The van der Waals surface area contributed by atoms with Gasteiger partial charge >= 0.3 is 6.36 Å². The third kappa shape index (κ3) is 5.75. The Morgan fingerprint density at radius 1 is 1.06 bits per heavy atom. The Labute approximate surface area is 199 Å². The number of halogens is 3. The number of nitrogens with zero attached hydrogens (tertiary/aromatic N) is 2. The van der Waals surface area contributed by atoms with Crippen LogP contribution < -0.4 is 16.0 Å². The molecule has 0 aliphatic rings. The Kier molecular flexibility index (Phi) is 6.42. The van der Waals surface area contributed by atoms with Crippen molar-refractivity contribution in [3.8, 4) is 16.9 Å². The van der Waals surface area contributed by atoms with Gasteiger partial charge in [-0.3, -0.25) is 15.2 Å². The van der Waals surface area contributed by atoms with Crippen molar-refractivity contribution in [1.29, 1.82) is 5.41 Å². The average Bonchev–Trinajstić information content (AvgIpc) is 2.79. The third-order valence-electron chi connectivity index (χ3n) is 5.32. The van der Waals surface area contributed by atoms with E-state index in [1.54, 1.807) is 54.9 Å². The predicted molar refractivity (Wildman–Crippen MR) is 128 cm³/mol. The van der Waals surface area contributed by atoms with Crippen LogP contribution in [0.3, 0.4) is 0 Å². The number of hydrogen-bond donors (Lipinski definition) is 2. The number of aromatic nitrogens is 2. The first kappa shape index (κ1) is 23.7. The minimum atomic E-state index is -4.79. The van der Waals surface area contributed by atoms with E-state index in [0.29, 0.717) is 33.5 Å². The van der Waals surface area contributed by atoms with Gasteiger partial charge in [-0.05, 0) is 66.1 Å². The molecule has 6 nitrogen and oxygen atoms in total. The number of hydrogen-bond acceptors (Lipinski definition) is 5. The van der Waals surface area contributed by atoms with Crippen molar-refractivity contribution in [2.45, 2.75) is 19.8 Å². The first-order valence-corrected chi connectivity index (χ1v) is 10.6. The van der Waals surface area contributed by atoms with Gasteiger partial charge in [0.2, 0.25) is 0 Å². The number of ether oxygens (including phenoxy) is 1. The summed E-state index contributed by atoms with van der Waals surface area (Å²) in [5.74, 6) is -0.346. The van der Waals surface area contributed by atoms with Crippen molar-refractivity contribution in [2.24, 2.45) is 0 Å². The van der Waals surface area contributed by atoms with E-state index in [9.17, 15) is 18.0 Å².